The average Bonchev–Trinajstić information content (AvgIpc) is 3.29. The number of hydrogen-bond acceptors (Lipinski definition) is 7. The van der Waals surface area contributed by atoms with E-state index in [2.05, 4.69) is 18.7 Å². The highest BCUT2D eigenvalue weighted by molar-refractivity contribution is 6.07. The molecule has 1 unspecified atom stereocenters. The molecule has 238 valence electrons. The lowest BCUT2D eigenvalue weighted by molar-refractivity contribution is -0.144. The van der Waals surface area contributed by atoms with Crippen LogP contribution >= 0.6 is 0 Å². The third-order valence-corrected chi connectivity index (χ3v) is 9.65. The molecule has 10 nitrogen and oxygen atoms in total. The Kier molecular flexibility index (Phi) is 8.22. The standard InChI is InChI=1S/C35H42N4O6/c1-5-36(6-2)24-10-12-25(13-11-24)38-21-9-19-35-29(32(42)39(22-23-40)30(35)33(38)43)28-31(41)37(20-8-18-34(28,4)45-35)26-14-16-27(17-15-26)44-7-3/h8-19,28-30,40H,5-7,20-23H2,1-4H3/t28-,29+,30?,34+,35+/m1/s1. The van der Waals surface area contributed by atoms with E-state index in [1.807, 2.05) is 86.7 Å². The molecule has 1 N–H and O–H groups in total. The molecule has 2 aromatic carbocycles. The molecular formula is C35H42N4O6. The van der Waals surface area contributed by atoms with Crippen LogP contribution in [0.25, 0.3) is 0 Å². The van der Waals surface area contributed by atoms with Gasteiger partial charge in [0.05, 0.1) is 30.7 Å². The number of rotatable bonds is 9. The van der Waals surface area contributed by atoms with E-state index in [1.54, 1.807) is 9.80 Å². The van der Waals surface area contributed by atoms with E-state index in [9.17, 15) is 19.5 Å². The molecule has 0 bridgehead atoms. The smallest absolute Gasteiger partial charge is 0.253 e. The molecule has 5 atom stereocenters. The van der Waals surface area contributed by atoms with Crippen LogP contribution in [0.1, 0.15) is 27.7 Å². The summed E-state index contributed by atoms with van der Waals surface area (Å²) in [6.07, 6.45) is 7.45. The molecular weight excluding hydrogens is 572 g/mol. The van der Waals surface area contributed by atoms with Crippen molar-refractivity contribution in [2.75, 3.05) is 60.6 Å². The number of hydrogen-bond donors (Lipinski definition) is 1. The number of aliphatic hydroxyl groups excluding tert-OH is 1. The van der Waals surface area contributed by atoms with Gasteiger partial charge >= 0.3 is 0 Å². The second-order valence-corrected chi connectivity index (χ2v) is 12.1. The number of benzene rings is 2. The number of carbonyl (C=O) groups excluding carboxylic acids is 3. The fraction of sp³-hybridized carbons (Fsp3) is 0.457. The summed E-state index contributed by atoms with van der Waals surface area (Å²) in [5.74, 6) is -2.06. The topological polar surface area (TPSA) is 103 Å². The molecule has 4 aliphatic rings. The molecule has 4 aliphatic heterocycles. The van der Waals surface area contributed by atoms with Crippen LogP contribution in [-0.2, 0) is 19.1 Å². The number of β-amino-alcohol motifs (C(OH)–C–C–N with tert-alkyl or cyclic N) is 1. The van der Waals surface area contributed by atoms with Gasteiger partial charge in [-0.3, -0.25) is 14.4 Å². The maximum absolute atomic E-state index is 14.6. The van der Waals surface area contributed by atoms with Gasteiger partial charge in [0.25, 0.3) is 5.91 Å². The highest BCUT2D eigenvalue weighted by atomic mass is 16.5. The number of nitrogens with zero attached hydrogens (tertiary/aromatic N) is 4. The van der Waals surface area contributed by atoms with Crippen LogP contribution in [0.3, 0.4) is 0 Å². The molecule has 0 saturated carbocycles. The Labute approximate surface area is 264 Å². The first-order valence-electron chi connectivity index (χ1n) is 15.9. The Morgan fingerprint density at radius 3 is 2.04 bits per heavy atom. The second kappa shape index (κ2) is 12.0. The van der Waals surface area contributed by atoms with Crippen LogP contribution < -0.4 is 19.4 Å². The van der Waals surface area contributed by atoms with Gasteiger partial charge in [-0.2, -0.15) is 0 Å². The zero-order valence-corrected chi connectivity index (χ0v) is 26.4. The zero-order chi connectivity index (χ0) is 31.9. The number of fused-ring (bicyclic) bond motifs is 2. The van der Waals surface area contributed by atoms with Crippen molar-refractivity contribution in [1.29, 1.82) is 0 Å². The van der Waals surface area contributed by atoms with Crippen LogP contribution in [0.5, 0.6) is 5.75 Å². The van der Waals surface area contributed by atoms with E-state index in [4.69, 9.17) is 9.47 Å². The first kappa shape index (κ1) is 30.9. The summed E-state index contributed by atoms with van der Waals surface area (Å²) in [4.78, 5) is 50.4. The Balaban J connectivity index is 1.38. The lowest BCUT2D eigenvalue weighted by atomic mass is 9.74. The minimum Gasteiger partial charge on any atom is -0.494 e. The molecule has 2 aromatic rings. The molecule has 45 heavy (non-hydrogen) atoms. The molecule has 10 heteroatoms. The number of ether oxygens (including phenoxy) is 2. The maximum atomic E-state index is 14.6. The number of amides is 3. The normalized spacial score (nSPS) is 29.0. The van der Waals surface area contributed by atoms with Crippen LogP contribution in [0, 0.1) is 11.8 Å². The first-order chi connectivity index (χ1) is 21.7. The SMILES string of the molecule is CCOc1ccc(N2CC=C[C@]3(C)O[C@]45C=CCN(c6ccc(N(CC)CC)cc6)C(=O)C4N(CCO)C(=O)[C@@H]5[C@@H]3C2=O)cc1. The van der Waals surface area contributed by atoms with E-state index in [1.165, 1.54) is 4.90 Å². The van der Waals surface area contributed by atoms with E-state index in [-0.39, 0.29) is 37.4 Å². The zero-order valence-electron chi connectivity index (χ0n) is 26.4. The lowest BCUT2D eigenvalue weighted by Crippen LogP contribution is -2.56. The van der Waals surface area contributed by atoms with Gasteiger partial charge in [0, 0.05) is 49.8 Å². The molecule has 2 fully saturated rings. The summed E-state index contributed by atoms with van der Waals surface area (Å²) in [6, 6.07) is 14.1. The van der Waals surface area contributed by atoms with Crippen LogP contribution in [0.2, 0.25) is 0 Å². The Bertz CT molecular complexity index is 1500. The fourth-order valence-corrected chi connectivity index (χ4v) is 7.65. The molecule has 0 aromatic heterocycles. The summed E-state index contributed by atoms with van der Waals surface area (Å²) in [5.41, 5.74) is -0.0781. The van der Waals surface area contributed by atoms with Gasteiger partial charge in [-0.1, -0.05) is 24.3 Å². The predicted molar refractivity (Wildman–Crippen MR) is 172 cm³/mol. The van der Waals surface area contributed by atoms with Crippen LogP contribution in [0.15, 0.2) is 72.8 Å². The second-order valence-electron chi connectivity index (χ2n) is 12.1. The number of carbonyl (C=O) groups is 3. The van der Waals surface area contributed by atoms with Crippen molar-refractivity contribution in [1.82, 2.24) is 4.90 Å². The van der Waals surface area contributed by atoms with Gasteiger partial charge < -0.3 is 34.2 Å². The number of aliphatic hydroxyl groups is 1. The monoisotopic (exact) mass is 614 g/mol. The third-order valence-electron chi connectivity index (χ3n) is 9.65. The van der Waals surface area contributed by atoms with Gasteiger partial charge in [0.1, 0.15) is 17.4 Å². The molecule has 2 saturated heterocycles. The van der Waals surface area contributed by atoms with Gasteiger partial charge in [-0.25, -0.2) is 0 Å². The van der Waals surface area contributed by atoms with Gasteiger partial charge in [0.2, 0.25) is 11.8 Å². The molecule has 3 amide bonds. The van der Waals surface area contributed by atoms with Crippen molar-refractivity contribution in [3.63, 3.8) is 0 Å². The average molecular weight is 615 g/mol. The van der Waals surface area contributed by atoms with E-state index < -0.39 is 29.1 Å². The minimum absolute atomic E-state index is 0.0461. The molecule has 6 rings (SSSR count). The quantitative estimate of drug-likeness (QED) is 0.432. The van der Waals surface area contributed by atoms with Gasteiger partial charge in [-0.05, 0) is 76.2 Å². The number of likely N-dealkylation sites (tertiary alicyclic amines) is 1. The lowest BCUT2D eigenvalue weighted by Gasteiger charge is -2.37. The molecule has 4 heterocycles. The van der Waals surface area contributed by atoms with Gasteiger partial charge in [-0.15, -0.1) is 0 Å². The molecule has 1 spiro atoms. The highest BCUT2D eigenvalue weighted by Crippen LogP contribution is 2.57. The maximum Gasteiger partial charge on any atom is 0.253 e. The molecule has 0 aliphatic carbocycles. The fourth-order valence-electron chi connectivity index (χ4n) is 7.65. The first-order valence-corrected chi connectivity index (χ1v) is 15.9. The molecule has 0 radical (unpaired) electrons. The van der Waals surface area contributed by atoms with E-state index in [0.29, 0.717) is 30.3 Å². The Morgan fingerprint density at radius 1 is 0.844 bits per heavy atom. The minimum atomic E-state index is -1.39. The summed E-state index contributed by atoms with van der Waals surface area (Å²) in [6.45, 7) is 10.4. The Morgan fingerprint density at radius 2 is 1.44 bits per heavy atom. The van der Waals surface area contributed by atoms with E-state index in [0.717, 1.165) is 18.8 Å². The summed E-state index contributed by atoms with van der Waals surface area (Å²) >= 11 is 0. The predicted octanol–water partition coefficient (Wildman–Crippen LogP) is 3.40. The van der Waals surface area contributed by atoms with E-state index >= 15 is 0 Å². The summed E-state index contributed by atoms with van der Waals surface area (Å²) in [7, 11) is 0. The van der Waals surface area contributed by atoms with Gasteiger partial charge in [0.15, 0.2) is 0 Å². The summed E-state index contributed by atoms with van der Waals surface area (Å²) < 4.78 is 12.5. The van der Waals surface area contributed by atoms with Crippen LogP contribution in [0.4, 0.5) is 17.1 Å². The summed E-state index contributed by atoms with van der Waals surface area (Å²) in [5, 5.41) is 10.0. The van der Waals surface area contributed by atoms with Crippen molar-refractivity contribution < 1.29 is 29.0 Å². The van der Waals surface area contributed by atoms with Crippen molar-refractivity contribution in [2.24, 2.45) is 11.8 Å². The van der Waals surface area contributed by atoms with Crippen molar-refractivity contribution in [2.45, 2.75) is 44.9 Å². The van der Waals surface area contributed by atoms with Crippen LogP contribution in [-0.4, -0.2) is 90.9 Å². The Hall–Kier alpha value is -4.15. The number of anilines is 3. The van der Waals surface area contributed by atoms with Crippen molar-refractivity contribution in [3.8, 4) is 5.75 Å². The van der Waals surface area contributed by atoms with Crippen molar-refractivity contribution >= 4 is 34.8 Å². The van der Waals surface area contributed by atoms with Crippen molar-refractivity contribution in [3.05, 3.63) is 72.8 Å². The third kappa shape index (κ3) is 4.91. The highest BCUT2D eigenvalue weighted by Gasteiger charge is 2.74. The largest absolute Gasteiger partial charge is 0.494 e.